The number of benzene rings is 1. The summed E-state index contributed by atoms with van der Waals surface area (Å²) >= 11 is 9.32. The zero-order chi connectivity index (χ0) is 18.8. The number of hydrogen-bond acceptors (Lipinski definition) is 7. The van der Waals surface area contributed by atoms with Crippen molar-refractivity contribution in [2.24, 2.45) is 0 Å². The van der Waals surface area contributed by atoms with E-state index in [1.54, 1.807) is 30.3 Å². The molecule has 0 aliphatic rings. The molecule has 0 amide bonds. The molecule has 1 aromatic carbocycles. The first-order valence-corrected chi connectivity index (χ1v) is 8.87. The van der Waals surface area contributed by atoms with Crippen LogP contribution in [-0.2, 0) is 11.3 Å². The Morgan fingerprint density at radius 3 is 2.59 bits per heavy atom. The first kappa shape index (κ1) is 17.6. The average Bonchev–Trinajstić information content (AvgIpc) is 3.40. The second-order valence-electron chi connectivity index (χ2n) is 5.32. The fourth-order valence-corrected chi connectivity index (χ4v) is 2.83. The molecule has 0 aliphatic heterocycles. The summed E-state index contributed by atoms with van der Waals surface area (Å²) in [6, 6.07) is 13.7. The summed E-state index contributed by atoms with van der Waals surface area (Å²) in [6.07, 6.45) is 0. The smallest absolute Gasteiger partial charge is 0.374 e. The van der Waals surface area contributed by atoms with Crippen LogP contribution in [0.15, 0.2) is 66.5 Å². The summed E-state index contributed by atoms with van der Waals surface area (Å²) in [4.78, 5) is 12.2. The zero-order valence-electron chi connectivity index (χ0n) is 13.5. The second-order valence-corrected chi connectivity index (χ2v) is 6.51. The van der Waals surface area contributed by atoms with Crippen LogP contribution in [0.25, 0.3) is 23.0 Å². The van der Waals surface area contributed by atoms with E-state index >= 15 is 0 Å². The number of carbonyl (C=O) groups is 1. The molecule has 27 heavy (non-hydrogen) atoms. The SMILES string of the molecule is O=C(OCc1nnc(-c2ccc(Br)o2)o1)c1ccc(-c2ccccc2Cl)o1. The lowest BCUT2D eigenvalue weighted by Crippen LogP contribution is -2.04. The van der Waals surface area contributed by atoms with Gasteiger partial charge in [0, 0.05) is 5.56 Å². The van der Waals surface area contributed by atoms with Crippen molar-refractivity contribution in [1.82, 2.24) is 10.2 Å². The first-order valence-electron chi connectivity index (χ1n) is 7.70. The van der Waals surface area contributed by atoms with E-state index in [4.69, 9.17) is 29.6 Å². The van der Waals surface area contributed by atoms with Gasteiger partial charge in [0.15, 0.2) is 17.0 Å². The van der Waals surface area contributed by atoms with Gasteiger partial charge in [-0.1, -0.05) is 23.7 Å². The Morgan fingerprint density at radius 2 is 1.81 bits per heavy atom. The second kappa shape index (κ2) is 7.42. The maximum Gasteiger partial charge on any atom is 0.374 e. The van der Waals surface area contributed by atoms with Crippen LogP contribution in [0.4, 0.5) is 0 Å². The molecule has 0 bridgehead atoms. The molecular formula is C18H10BrClN2O5. The Labute approximate surface area is 166 Å². The minimum atomic E-state index is -0.659. The highest BCUT2D eigenvalue weighted by Crippen LogP contribution is 2.29. The van der Waals surface area contributed by atoms with Gasteiger partial charge in [-0.15, -0.1) is 10.2 Å². The fraction of sp³-hybridized carbons (Fsp3) is 0.0556. The van der Waals surface area contributed by atoms with E-state index < -0.39 is 5.97 Å². The molecule has 0 aliphatic carbocycles. The molecule has 4 aromatic rings. The molecule has 7 nitrogen and oxygen atoms in total. The normalized spacial score (nSPS) is 10.9. The Morgan fingerprint density at radius 1 is 1.00 bits per heavy atom. The molecule has 0 radical (unpaired) electrons. The Hall–Kier alpha value is -2.84. The van der Waals surface area contributed by atoms with Crippen molar-refractivity contribution in [2.45, 2.75) is 6.61 Å². The topological polar surface area (TPSA) is 91.5 Å². The van der Waals surface area contributed by atoms with Crippen LogP contribution in [0.1, 0.15) is 16.4 Å². The van der Waals surface area contributed by atoms with Gasteiger partial charge in [0.2, 0.25) is 5.76 Å². The molecule has 0 saturated heterocycles. The summed E-state index contributed by atoms with van der Waals surface area (Å²) in [5.74, 6) is 0.571. The molecule has 9 heteroatoms. The molecule has 0 saturated carbocycles. The number of carbonyl (C=O) groups excluding carboxylic acids is 1. The lowest BCUT2D eigenvalue weighted by molar-refractivity contribution is 0.0403. The van der Waals surface area contributed by atoms with Gasteiger partial charge in [0.05, 0.1) is 5.02 Å². The minimum Gasteiger partial charge on any atom is -0.450 e. The van der Waals surface area contributed by atoms with Gasteiger partial charge in [0.1, 0.15) is 5.76 Å². The number of nitrogens with zero attached hydrogens (tertiary/aromatic N) is 2. The number of hydrogen-bond donors (Lipinski definition) is 0. The standard InChI is InChI=1S/C18H10BrClN2O5/c19-15-8-7-13(26-15)17-22-21-16(27-17)9-24-18(23)14-6-5-12(25-14)10-3-1-2-4-11(10)20/h1-8H,9H2. The van der Waals surface area contributed by atoms with Crippen LogP contribution in [-0.4, -0.2) is 16.2 Å². The summed E-state index contributed by atoms with van der Waals surface area (Å²) < 4.78 is 21.9. The van der Waals surface area contributed by atoms with E-state index in [-0.39, 0.29) is 24.1 Å². The summed E-state index contributed by atoms with van der Waals surface area (Å²) in [7, 11) is 0. The predicted molar refractivity (Wildman–Crippen MR) is 98.0 cm³/mol. The largest absolute Gasteiger partial charge is 0.450 e. The number of furan rings is 2. The zero-order valence-corrected chi connectivity index (χ0v) is 15.9. The summed E-state index contributed by atoms with van der Waals surface area (Å²) in [5, 5.41) is 8.18. The fourth-order valence-electron chi connectivity index (χ4n) is 2.29. The van der Waals surface area contributed by atoms with Crippen LogP contribution >= 0.6 is 27.5 Å². The number of halogens is 2. The molecule has 0 spiro atoms. The Kier molecular flexibility index (Phi) is 4.83. The summed E-state index contributed by atoms with van der Waals surface area (Å²) in [6.45, 7) is -0.199. The number of aromatic nitrogens is 2. The van der Waals surface area contributed by atoms with Gasteiger partial charge in [-0.25, -0.2) is 4.79 Å². The van der Waals surface area contributed by atoms with Gasteiger partial charge in [0.25, 0.3) is 11.8 Å². The molecule has 0 unspecified atom stereocenters. The highest BCUT2D eigenvalue weighted by Gasteiger charge is 2.17. The third kappa shape index (κ3) is 3.81. The van der Waals surface area contributed by atoms with Crippen LogP contribution in [0.2, 0.25) is 5.02 Å². The van der Waals surface area contributed by atoms with Gasteiger partial charge in [-0.2, -0.15) is 0 Å². The van der Waals surface area contributed by atoms with Gasteiger partial charge >= 0.3 is 5.97 Å². The van der Waals surface area contributed by atoms with Crippen molar-refractivity contribution in [3.05, 3.63) is 69.9 Å². The molecule has 3 heterocycles. The Balaban J connectivity index is 1.42. The van der Waals surface area contributed by atoms with Crippen molar-refractivity contribution < 1.29 is 22.8 Å². The quantitative estimate of drug-likeness (QED) is 0.379. The van der Waals surface area contributed by atoms with Crippen molar-refractivity contribution in [1.29, 1.82) is 0 Å². The van der Waals surface area contributed by atoms with Gasteiger partial charge < -0.3 is 18.0 Å². The van der Waals surface area contributed by atoms with E-state index in [1.807, 2.05) is 12.1 Å². The van der Waals surface area contributed by atoms with Crippen LogP contribution < -0.4 is 0 Å². The third-order valence-electron chi connectivity index (χ3n) is 3.52. The van der Waals surface area contributed by atoms with E-state index in [0.29, 0.717) is 26.8 Å². The highest BCUT2D eigenvalue weighted by atomic mass is 79.9. The van der Waals surface area contributed by atoms with E-state index in [0.717, 1.165) is 0 Å². The molecule has 0 N–H and O–H groups in total. The number of esters is 1. The van der Waals surface area contributed by atoms with E-state index in [9.17, 15) is 4.79 Å². The van der Waals surface area contributed by atoms with Crippen LogP contribution in [0.3, 0.4) is 0 Å². The number of rotatable bonds is 5. The van der Waals surface area contributed by atoms with Crippen LogP contribution in [0, 0.1) is 0 Å². The van der Waals surface area contributed by atoms with E-state index in [2.05, 4.69) is 26.1 Å². The average molecular weight is 450 g/mol. The lowest BCUT2D eigenvalue weighted by atomic mass is 10.2. The molecular weight excluding hydrogens is 440 g/mol. The van der Waals surface area contributed by atoms with Gasteiger partial charge in [-0.05, 0) is 52.3 Å². The van der Waals surface area contributed by atoms with Crippen molar-refractivity contribution >= 4 is 33.5 Å². The van der Waals surface area contributed by atoms with Crippen molar-refractivity contribution in [2.75, 3.05) is 0 Å². The lowest BCUT2D eigenvalue weighted by Gasteiger charge is -2.00. The summed E-state index contributed by atoms with van der Waals surface area (Å²) in [5.41, 5.74) is 0.685. The minimum absolute atomic E-state index is 0.0413. The van der Waals surface area contributed by atoms with Gasteiger partial charge in [-0.3, -0.25) is 0 Å². The molecule has 3 aromatic heterocycles. The monoisotopic (exact) mass is 448 g/mol. The molecule has 136 valence electrons. The maximum atomic E-state index is 12.2. The predicted octanol–water partition coefficient (Wildman–Crippen LogP) is 5.36. The maximum absolute atomic E-state index is 12.2. The molecule has 0 fully saturated rings. The van der Waals surface area contributed by atoms with Crippen LogP contribution in [0.5, 0.6) is 0 Å². The Bertz CT molecular complexity index is 1100. The third-order valence-corrected chi connectivity index (χ3v) is 4.28. The van der Waals surface area contributed by atoms with E-state index in [1.165, 1.54) is 6.07 Å². The molecule has 0 atom stereocenters. The first-order chi connectivity index (χ1) is 13.1. The van der Waals surface area contributed by atoms with Crippen molar-refractivity contribution in [3.63, 3.8) is 0 Å². The highest BCUT2D eigenvalue weighted by molar-refractivity contribution is 9.10. The number of ether oxygens (including phenoxy) is 1. The van der Waals surface area contributed by atoms with Crippen molar-refractivity contribution in [3.8, 4) is 23.0 Å². The molecule has 4 rings (SSSR count).